The lowest BCUT2D eigenvalue weighted by molar-refractivity contribution is -0.133. The van der Waals surface area contributed by atoms with Crippen molar-refractivity contribution in [2.24, 2.45) is 40.9 Å². The van der Waals surface area contributed by atoms with Crippen LogP contribution in [0.25, 0.3) is 0 Å². The third-order valence-corrected chi connectivity index (χ3v) is 7.35. The lowest BCUT2D eigenvalue weighted by atomic mass is 9.48. The summed E-state index contributed by atoms with van der Waals surface area (Å²) in [5, 5.41) is 0. The van der Waals surface area contributed by atoms with Crippen molar-refractivity contribution in [2.45, 2.75) is 78.1 Å². The lowest BCUT2D eigenvalue weighted by Crippen LogP contribution is -2.47. The van der Waals surface area contributed by atoms with E-state index in [2.05, 4.69) is 13.8 Å². The molecule has 0 spiro atoms. The van der Waals surface area contributed by atoms with E-state index in [0.29, 0.717) is 17.1 Å². The first-order chi connectivity index (χ1) is 10.0. The zero-order chi connectivity index (χ0) is 14.6. The van der Waals surface area contributed by atoms with E-state index in [1.807, 2.05) is 0 Å². The summed E-state index contributed by atoms with van der Waals surface area (Å²) in [6.07, 6.45) is 13.3. The van der Waals surface area contributed by atoms with Gasteiger partial charge in [-0.15, -0.1) is 0 Å². The van der Waals surface area contributed by atoms with Crippen molar-refractivity contribution in [1.29, 1.82) is 0 Å². The highest BCUT2D eigenvalue weighted by atomic mass is 16.1. The Hall–Kier alpha value is -0.330. The molecule has 1 nitrogen and oxygen atoms in total. The summed E-state index contributed by atoms with van der Waals surface area (Å²) in [7, 11) is 0. The quantitative estimate of drug-likeness (QED) is 0.694. The summed E-state index contributed by atoms with van der Waals surface area (Å²) >= 11 is 0. The monoisotopic (exact) mass is 288 g/mol. The van der Waals surface area contributed by atoms with Crippen LogP contribution in [0, 0.1) is 40.9 Å². The fourth-order valence-corrected chi connectivity index (χ4v) is 7.23. The minimum atomic E-state index is 0.400. The number of Topliss-reactive ketones (excluding diaryl/α,β-unsaturated/α-hetero) is 1. The molecule has 118 valence electrons. The van der Waals surface area contributed by atoms with Crippen LogP contribution in [-0.2, 0) is 4.79 Å². The average Bonchev–Trinajstić information content (AvgIpc) is 2.35. The third kappa shape index (κ3) is 2.70. The van der Waals surface area contributed by atoms with Crippen LogP contribution >= 0.6 is 0 Å². The van der Waals surface area contributed by atoms with Crippen molar-refractivity contribution < 1.29 is 4.79 Å². The van der Waals surface area contributed by atoms with Gasteiger partial charge in [0.1, 0.15) is 5.78 Å². The van der Waals surface area contributed by atoms with Crippen molar-refractivity contribution in [3.05, 3.63) is 0 Å². The van der Waals surface area contributed by atoms with Crippen molar-refractivity contribution in [2.75, 3.05) is 0 Å². The zero-order valence-electron chi connectivity index (χ0n) is 13.9. The molecule has 5 saturated carbocycles. The van der Waals surface area contributed by atoms with E-state index in [-0.39, 0.29) is 0 Å². The molecule has 5 aliphatic rings. The molecule has 0 amide bonds. The molecular weight excluding hydrogens is 256 g/mol. The number of carbonyl (C=O) groups is 1. The van der Waals surface area contributed by atoms with Gasteiger partial charge in [-0.3, -0.25) is 4.79 Å². The van der Waals surface area contributed by atoms with E-state index < -0.39 is 0 Å². The highest BCUT2D eigenvalue weighted by Crippen LogP contribution is 2.61. The summed E-state index contributed by atoms with van der Waals surface area (Å²) in [5.41, 5.74) is 0.454. The van der Waals surface area contributed by atoms with Gasteiger partial charge < -0.3 is 0 Å². The normalized spacial score (nSPS) is 52.1. The Morgan fingerprint density at radius 1 is 0.810 bits per heavy atom. The second-order valence-electron chi connectivity index (χ2n) is 9.68. The summed E-state index contributed by atoms with van der Waals surface area (Å²) in [6, 6.07) is 0. The number of rotatable bonds is 3. The van der Waals surface area contributed by atoms with E-state index in [1.54, 1.807) is 0 Å². The van der Waals surface area contributed by atoms with Crippen molar-refractivity contribution in [1.82, 2.24) is 0 Å². The van der Waals surface area contributed by atoms with Gasteiger partial charge in [-0.2, -0.15) is 0 Å². The molecule has 2 unspecified atom stereocenters. The van der Waals surface area contributed by atoms with E-state index >= 15 is 0 Å². The number of hydrogen-bond acceptors (Lipinski definition) is 1. The minimum Gasteiger partial charge on any atom is -0.299 e. The fraction of sp³-hybridized carbons (Fsp3) is 0.950. The number of ketones is 1. The van der Waals surface area contributed by atoms with Gasteiger partial charge in [0, 0.05) is 12.3 Å². The lowest BCUT2D eigenvalue weighted by Gasteiger charge is -2.57. The molecule has 0 aliphatic heterocycles. The number of carbonyl (C=O) groups excluding carboxylic acids is 1. The van der Waals surface area contributed by atoms with Gasteiger partial charge >= 0.3 is 0 Å². The van der Waals surface area contributed by atoms with Crippen LogP contribution in [0.15, 0.2) is 0 Å². The van der Waals surface area contributed by atoms with Gasteiger partial charge in [-0.05, 0) is 92.8 Å². The van der Waals surface area contributed by atoms with Crippen LogP contribution in [-0.4, -0.2) is 5.78 Å². The molecule has 0 aromatic carbocycles. The second kappa shape index (κ2) is 5.10. The van der Waals surface area contributed by atoms with Gasteiger partial charge in [0.15, 0.2) is 0 Å². The maximum atomic E-state index is 13.0. The Balaban J connectivity index is 1.44. The Morgan fingerprint density at radius 3 is 1.76 bits per heavy atom. The fourth-order valence-electron chi connectivity index (χ4n) is 7.23. The largest absolute Gasteiger partial charge is 0.299 e. The molecule has 0 heterocycles. The molecule has 0 radical (unpaired) electrons. The maximum Gasteiger partial charge on any atom is 0.136 e. The summed E-state index contributed by atoms with van der Waals surface area (Å²) in [4.78, 5) is 13.0. The Morgan fingerprint density at radius 2 is 1.29 bits per heavy atom. The molecule has 5 aliphatic carbocycles. The van der Waals surface area contributed by atoms with Crippen molar-refractivity contribution in [3.63, 3.8) is 0 Å². The van der Waals surface area contributed by atoms with E-state index in [0.717, 1.165) is 36.0 Å². The minimum absolute atomic E-state index is 0.400. The van der Waals surface area contributed by atoms with E-state index in [9.17, 15) is 4.79 Å². The standard InChI is InChI=1S/C20H32O/c1-13-3-14(2)5-18(4-13)19(21)12-20-9-15-6-16(10-20)8-17(7-15)11-20/h13-18H,3-12H2,1-2H3. The van der Waals surface area contributed by atoms with Crippen LogP contribution in [0.5, 0.6) is 0 Å². The summed E-state index contributed by atoms with van der Waals surface area (Å²) < 4.78 is 0. The van der Waals surface area contributed by atoms with Gasteiger partial charge in [0.05, 0.1) is 0 Å². The Bertz CT molecular complexity index is 378. The highest BCUT2D eigenvalue weighted by Gasteiger charge is 2.51. The molecule has 0 saturated heterocycles. The molecule has 0 aromatic rings. The summed E-state index contributed by atoms with van der Waals surface area (Å²) in [6.45, 7) is 4.70. The van der Waals surface area contributed by atoms with Gasteiger partial charge in [0.2, 0.25) is 0 Å². The smallest absolute Gasteiger partial charge is 0.136 e. The van der Waals surface area contributed by atoms with Crippen molar-refractivity contribution in [3.8, 4) is 0 Å². The Labute approximate surface area is 130 Å². The van der Waals surface area contributed by atoms with E-state index in [1.165, 1.54) is 57.8 Å². The topological polar surface area (TPSA) is 17.1 Å². The number of hydrogen-bond donors (Lipinski definition) is 0. The van der Waals surface area contributed by atoms with Crippen LogP contribution in [0.4, 0.5) is 0 Å². The first-order valence-electron chi connectivity index (χ1n) is 9.54. The van der Waals surface area contributed by atoms with Crippen LogP contribution in [0.2, 0.25) is 0 Å². The first kappa shape index (κ1) is 14.3. The van der Waals surface area contributed by atoms with Gasteiger partial charge in [0.25, 0.3) is 0 Å². The molecule has 2 atom stereocenters. The zero-order valence-corrected chi connectivity index (χ0v) is 13.9. The molecular formula is C20H32O. The van der Waals surface area contributed by atoms with Gasteiger partial charge in [-0.1, -0.05) is 13.8 Å². The third-order valence-electron chi connectivity index (χ3n) is 7.35. The van der Waals surface area contributed by atoms with Crippen LogP contribution < -0.4 is 0 Å². The van der Waals surface area contributed by atoms with Crippen LogP contribution in [0.1, 0.15) is 78.1 Å². The second-order valence-corrected chi connectivity index (χ2v) is 9.68. The first-order valence-corrected chi connectivity index (χ1v) is 9.54. The van der Waals surface area contributed by atoms with Gasteiger partial charge in [-0.25, -0.2) is 0 Å². The van der Waals surface area contributed by atoms with E-state index in [4.69, 9.17) is 0 Å². The highest BCUT2D eigenvalue weighted by molar-refractivity contribution is 5.81. The maximum absolute atomic E-state index is 13.0. The molecule has 5 fully saturated rings. The average molecular weight is 288 g/mol. The molecule has 1 heteroatoms. The Kier molecular flexibility index (Phi) is 3.47. The van der Waals surface area contributed by atoms with Crippen molar-refractivity contribution >= 4 is 5.78 Å². The van der Waals surface area contributed by atoms with Crippen LogP contribution in [0.3, 0.4) is 0 Å². The molecule has 0 aromatic heterocycles. The molecule has 0 N–H and O–H groups in total. The summed E-state index contributed by atoms with van der Waals surface area (Å²) in [5.74, 6) is 5.51. The molecule has 5 rings (SSSR count). The SMILES string of the molecule is CC1CC(C)CC(C(=O)CC23CC4CC(CC(C4)C2)C3)C1. The predicted octanol–water partition coefficient (Wildman–Crippen LogP) is 5.23. The molecule has 21 heavy (non-hydrogen) atoms. The molecule has 4 bridgehead atoms. The predicted molar refractivity (Wildman–Crippen MR) is 85.9 cm³/mol.